The van der Waals surface area contributed by atoms with Crippen LogP contribution in [0.2, 0.25) is 0 Å². The van der Waals surface area contributed by atoms with Crippen LogP contribution in [-0.2, 0) is 16.9 Å². The number of rotatable bonds is 13. The Hall–Kier alpha value is -3.54. The number of allylic oxidation sites excluding steroid dienone is 2. The molecule has 4 rings (SSSR count). The first kappa shape index (κ1) is 27.5. The first-order valence-electron chi connectivity index (χ1n) is 13.1. The molecule has 0 radical (unpaired) electrons. The van der Waals surface area contributed by atoms with Crippen molar-refractivity contribution in [2.24, 2.45) is 0 Å². The predicted molar refractivity (Wildman–Crippen MR) is 157 cm³/mol. The highest BCUT2D eigenvalue weighted by Crippen LogP contribution is 2.38. The van der Waals surface area contributed by atoms with Gasteiger partial charge >= 0.3 is 0 Å². The third-order valence-electron chi connectivity index (χ3n) is 6.49. The molecule has 2 unspecified atom stereocenters. The van der Waals surface area contributed by atoms with Gasteiger partial charge in [0.2, 0.25) is 0 Å². The zero-order valence-corrected chi connectivity index (χ0v) is 22.6. The molecular formula is C33H35NO3S. The Morgan fingerprint density at radius 2 is 1.55 bits per heavy atom. The summed E-state index contributed by atoms with van der Waals surface area (Å²) >= 11 is -0.877. The molecule has 1 N–H and O–H groups in total. The second-order valence-electron chi connectivity index (χ2n) is 9.22. The second-order valence-corrected chi connectivity index (χ2v) is 10.8. The summed E-state index contributed by atoms with van der Waals surface area (Å²) in [5.74, 6) is 2.35. The first-order valence-corrected chi connectivity index (χ1v) is 14.6. The lowest BCUT2D eigenvalue weighted by Crippen LogP contribution is -2.10. The van der Waals surface area contributed by atoms with E-state index in [1.165, 1.54) is 11.1 Å². The van der Waals surface area contributed by atoms with Crippen molar-refractivity contribution in [3.63, 3.8) is 0 Å². The minimum atomic E-state index is -0.877. The summed E-state index contributed by atoms with van der Waals surface area (Å²) in [5, 5.41) is 9.83. The Labute approximate surface area is 229 Å². The van der Waals surface area contributed by atoms with Gasteiger partial charge < -0.3 is 14.4 Å². The number of ether oxygens (including phenoxy) is 1. The van der Waals surface area contributed by atoms with E-state index in [1.54, 1.807) is 18.3 Å². The monoisotopic (exact) mass is 525 g/mol. The molecule has 0 aliphatic rings. The largest absolute Gasteiger partial charge is 0.616 e. The summed E-state index contributed by atoms with van der Waals surface area (Å²) in [4.78, 5) is 4.25. The molecule has 0 aliphatic carbocycles. The summed E-state index contributed by atoms with van der Waals surface area (Å²) < 4.78 is 18.3. The van der Waals surface area contributed by atoms with Crippen LogP contribution in [0.4, 0.5) is 0 Å². The summed E-state index contributed by atoms with van der Waals surface area (Å²) in [5.41, 5.74) is 5.56. The highest BCUT2D eigenvalue weighted by atomic mass is 32.2. The lowest BCUT2D eigenvalue weighted by atomic mass is 9.81. The first-order chi connectivity index (χ1) is 18.6. The Balaban J connectivity index is 1.32. The zero-order valence-electron chi connectivity index (χ0n) is 21.8. The van der Waals surface area contributed by atoms with Gasteiger partial charge in [-0.1, -0.05) is 66.7 Å². The number of phenols is 1. The molecule has 0 spiro atoms. The van der Waals surface area contributed by atoms with E-state index >= 15 is 0 Å². The van der Waals surface area contributed by atoms with Crippen molar-refractivity contribution >= 4 is 16.7 Å². The molecule has 3 aromatic carbocycles. The molecule has 5 heteroatoms. The lowest BCUT2D eigenvalue weighted by molar-refractivity contribution is 0.306. The van der Waals surface area contributed by atoms with E-state index in [-0.39, 0.29) is 11.7 Å². The maximum absolute atomic E-state index is 12.3. The molecule has 0 amide bonds. The van der Waals surface area contributed by atoms with Crippen molar-refractivity contribution in [2.75, 3.05) is 12.4 Å². The number of hydrogen-bond donors (Lipinski definition) is 1. The molecule has 0 saturated carbocycles. The minimum Gasteiger partial charge on any atom is -0.616 e. The van der Waals surface area contributed by atoms with Gasteiger partial charge in [0.25, 0.3) is 0 Å². The van der Waals surface area contributed by atoms with E-state index in [0.717, 1.165) is 41.8 Å². The summed E-state index contributed by atoms with van der Waals surface area (Å²) in [6.07, 6.45) is 6.74. The summed E-state index contributed by atoms with van der Waals surface area (Å²) in [7, 11) is 0. The van der Waals surface area contributed by atoms with Crippen molar-refractivity contribution < 1.29 is 14.4 Å². The van der Waals surface area contributed by atoms with Gasteiger partial charge in [-0.3, -0.25) is 4.98 Å². The molecule has 1 aromatic heterocycles. The molecule has 4 nitrogen and oxygen atoms in total. The summed E-state index contributed by atoms with van der Waals surface area (Å²) in [6, 6.07) is 31.9. The van der Waals surface area contributed by atoms with E-state index in [9.17, 15) is 9.66 Å². The van der Waals surface area contributed by atoms with Gasteiger partial charge in [0.05, 0.1) is 12.3 Å². The van der Waals surface area contributed by atoms with Crippen molar-refractivity contribution in [2.45, 2.75) is 37.9 Å². The molecule has 38 heavy (non-hydrogen) atoms. The highest BCUT2D eigenvalue weighted by molar-refractivity contribution is 7.90. The average Bonchev–Trinajstić information content (AvgIpc) is 2.95. The standard InChI is InChI=1S/C33H35NO3S/c1-2-32(26-11-5-3-6-12-26)33(27-14-18-30(35)19-15-27)28-16-20-31(21-17-28)37-23-9-4-10-24-38(36)25-29-13-7-8-22-34-29/h2-3,5-8,11-22,33,35H,4,9-10,23-25H2,1H3/b32-2-. The van der Waals surface area contributed by atoms with Gasteiger partial charge in [-0.05, 0) is 96.0 Å². The van der Waals surface area contributed by atoms with Gasteiger partial charge in [-0.25, -0.2) is 0 Å². The van der Waals surface area contributed by atoms with Crippen LogP contribution in [0, 0.1) is 0 Å². The van der Waals surface area contributed by atoms with E-state index in [1.807, 2.05) is 48.5 Å². The van der Waals surface area contributed by atoms with Crippen molar-refractivity contribution in [1.82, 2.24) is 4.98 Å². The molecule has 0 aliphatic heterocycles. The van der Waals surface area contributed by atoms with Crippen LogP contribution in [0.25, 0.3) is 5.57 Å². The van der Waals surface area contributed by atoms with E-state index < -0.39 is 11.2 Å². The number of phenolic OH excluding ortho intramolecular Hbond substituents is 1. The van der Waals surface area contributed by atoms with Gasteiger partial charge in [0.1, 0.15) is 23.0 Å². The molecule has 196 valence electrons. The highest BCUT2D eigenvalue weighted by Gasteiger charge is 2.20. The van der Waals surface area contributed by atoms with Crippen LogP contribution in [0.3, 0.4) is 0 Å². The van der Waals surface area contributed by atoms with Gasteiger partial charge in [-0.2, -0.15) is 0 Å². The van der Waals surface area contributed by atoms with Crippen LogP contribution in [0.1, 0.15) is 54.5 Å². The number of aromatic nitrogens is 1. The number of aromatic hydroxyl groups is 1. The van der Waals surface area contributed by atoms with Crippen LogP contribution >= 0.6 is 0 Å². The fraction of sp³-hybridized carbons (Fsp3) is 0.242. The Kier molecular flexibility index (Phi) is 10.4. The Bertz CT molecular complexity index is 1260. The SMILES string of the molecule is C/C=C(/c1ccccc1)C(c1ccc(O)cc1)c1ccc(OCCCCC[S+]([O-])Cc2ccccn2)cc1. The van der Waals surface area contributed by atoms with Crippen LogP contribution in [0.15, 0.2) is 109 Å². The fourth-order valence-electron chi connectivity index (χ4n) is 4.56. The normalized spacial score (nSPS) is 13.2. The Morgan fingerprint density at radius 3 is 2.21 bits per heavy atom. The number of benzene rings is 3. The molecule has 0 fully saturated rings. The van der Waals surface area contributed by atoms with Gasteiger partial charge in [0.15, 0.2) is 0 Å². The van der Waals surface area contributed by atoms with E-state index in [0.29, 0.717) is 18.1 Å². The molecule has 1 heterocycles. The number of nitrogens with zero attached hydrogens (tertiary/aromatic N) is 1. The number of hydrogen-bond acceptors (Lipinski definition) is 4. The topological polar surface area (TPSA) is 65.4 Å². The second kappa shape index (κ2) is 14.4. The van der Waals surface area contributed by atoms with Gasteiger partial charge in [0, 0.05) is 12.1 Å². The number of unbranched alkanes of at least 4 members (excludes halogenated alkanes) is 2. The van der Waals surface area contributed by atoms with Crippen LogP contribution in [-0.4, -0.2) is 27.0 Å². The lowest BCUT2D eigenvalue weighted by Gasteiger charge is -2.23. The van der Waals surface area contributed by atoms with E-state index in [2.05, 4.69) is 54.4 Å². The molecule has 2 atom stereocenters. The van der Waals surface area contributed by atoms with Crippen molar-refractivity contribution in [3.8, 4) is 11.5 Å². The van der Waals surface area contributed by atoms with Crippen LogP contribution < -0.4 is 4.74 Å². The molecule has 4 aromatic rings. The molecule has 0 bridgehead atoms. The maximum Gasteiger partial charge on any atom is 0.147 e. The van der Waals surface area contributed by atoms with Crippen molar-refractivity contribution in [1.29, 1.82) is 0 Å². The zero-order chi connectivity index (χ0) is 26.6. The van der Waals surface area contributed by atoms with E-state index in [4.69, 9.17) is 4.74 Å². The predicted octanol–water partition coefficient (Wildman–Crippen LogP) is 7.52. The summed E-state index contributed by atoms with van der Waals surface area (Å²) in [6.45, 7) is 2.71. The fourth-order valence-corrected chi connectivity index (χ4v) is 5.73. The average molecular weight is 526 g/mol. The quantitative estimate of drug-likeness (QED) is 0.145. The smallest absolute Gasteiger partial charge is 0.147 e. The Morgan fingerprint density at radius 1 is 0.868 bits per heavy atom. The third kappa shape index (κ3) is 7.98. The number of pyridine rings is 1. The van der Waals surface area contributed by atoms with Crippen LogP contribution in [0.5, 0.6) is 11.5 Å². The molecule has 0 saturated heterocycles. The molecular weight excluding hydrogens is 490 g/mol. The maximum atomic E-state index is 12.3. The van der Waals surface area contributed by atoms with Crippen molar-refractivity contribution in [3.05, 3.63) is 132 Å². The third-order valence-corrected chi connectivity index (χ3v) is 7.85. The van der Waals surface area contributed by atoms with Gasteiger partial charge in [-0.15, -0.1) is 0 Å². The minimum absolute atomic E-state index is 0.0315.